The molecule has 3 heterocycles. The molecule has 1 aliphatic heterocycles. The van der Waals surface area contributed by atoms with Crippen molar-refractivity contribution in [3.05, 3.63) is 77.2 Å². The quantitative estimate of drug-likeness (QED) is 0.475. The lowest BCUT2D eigenvalue weighted by atomic mass is 9.75. The van der Waals surface area contributed by atoms with E-state index in [1.165, 1.54) is 0 Å². The highest BCUT2D eigenvalue weighted by Crippen LogP contribution is 2.49. The van der Waals surface area contributed by atoms with Crippen LogP contribution >= 0.6 is 0 Å². The van der Waals surface area contributed by atoms with E-state index in [0.717, 1.165) is 53.7 Å². The van der Waals surface area contributed by atoms with Gasteiger partial charge in [0.1, 0.15) is 16.9 Å². The van der Waals surface area contributed by atoms with Crippen molar-refractivity contribution in [2.75, 3.05) is 0 Å². The Kier molecular flexibility index (Phi) is 4.33. The number of nitrogens with one attached hydrogen (secondary N) is 1. The summed E-state index contributed by atoms with van der Waals surface area (Å²) in [6.45, 7) is -0.0685. The average Bonchev–Trinajstić information content (AvgIpc) is 3.38. The third-order valence-corrected chi connectivity index (χ3v) is 6.79. The van der Waals surface area contributed by atoms with Gasteiger partial charge in [0.25, 0.3) is 0 Å². The van der Waals surface area contributed by atoms with E-state index in [4.69, 9.17) is 9.72 Å². The second-order valence-corrected chi connectivity index (χ2v) is 8.57. The normalized spacial score (nSPS) is 22.3. The topological polar surface area (TPSA) is 101 Å². The van der Waals surface area contributed by atoms with Crippen LogP contribution in [-0.4, -0.2) is 31.0 Å². The lowest BCUT2D eigenvalue weighted by molar-refractivity contribution is -0.0312. The molecule has 6 rings (SSSR count). The Morgan fingerprint density at radius 1 is 1.03 bits per heavy atom. The van der Waals surface area contributed by atoms with Crippen molar-refractivity contribution in [2.24, 2.45) is 0 Å². The minimum absolute atomic E-state index is 0.0685. The van der Waals surface area contributed by atoms with E-state index in [-0.39, 0.29) is 18.5 Å². The average molecular weight is 426 g/mol. The molecule has 1 aliphatic carbocycles. The van der Waals surface area contributed by atoms with Crippen LogP contribution in [0.5, 0.6) is 0 Å². The summed E-state index contributed by atoms with van der Waals surface area (Å²) in [7, 11) is 0. The van der Waals surface area contributed by atoms with Gasteiger partial charge in [0, 0.05) is 17.0 Å². The highest BCUT2D eigenvalue weighted by Gasteiger charge is 2.47. The third-order valence-electron chi connectivity index (χ3n) is 6.79. The smallest absolute Gasteiger partial charge is 0.339 e. The molecule has 7 nitrogen and oxygen atoms in total. The van der Waals surface area contributed by atoms with Crippen LogP contribution in [0.2, 0.25) is 0 Å². The van der Waals surface area contributed by atoms with E-state index in [1.54, 1.807) is 6.20 Å². The third kappa shape index (κ3) is 2.92. The van der Waals surface area contributed by atoms with Crippen LogP contribution in [0.4, 0.5) is 0 Å². The summed E-state index contributed by atoms with van der Waals surface area (Å²) in [5.41, 5.74) is 4.22. The number of aromatic nitrogens is 4. The van der Waals surface area contributed by atoms with Crippen molar-refractivity contribution in [3.63, 3.8) is 0 Å². The number of aromatic amines is 1. The van der Waals surface area contributed by atoms with E-state index < -0.39 is 5.60 Å². The van der Waals surface area contributed by atoms with Crippen LogP contribution in [0.25, 0.3) is 22.6 Å². The number of carbonyl (C=O) groups excluding carboxylic acids is 1. The molecule has 1 saturated carbocycles. The van der Waals surface area contributed by atoms with Gasteiger partial charge in [-0.1, -0.05) is 42.5 Å². The van der Waals surface area contributed by atoms with Gasteiger partial charge < -0.3 is 14.8 Å². The van der Waals surface area contributed by atoms with Crippen molar-refractivity contribution in [1.29, 1.82) is 0 Å². The van der Waals surface area contributed by atoms with Crippen LogP contribution in [-0.2, 0) is 16.9 Å². The number of aliphatic hydroxyl groups is 1. The van der Waals surface area contributed by atoms with Gasteiger partial charge in [0.15, 0.2) is 11.5 Å². The van der Waals surface area contributed by atoms with Gasteiger partial charge in [0.2, 0.25) is 0 Å². The SMILES string of the molecule is O=C1O[C@]2(CC[C@H](c3nc4nc(-c5ccccc5CO)ncc4[nH]3)CC2)c2ccccc21. The van der Waals surface area contributed by atoms with Gasteiger partial charge in [-0.25, -0.2) is 19.7 Å². The standard InChI is InChI=1S/C25H22N4O3/c30-14-16-5-1-2-6-17(16)22-26-13-20-23(29-22)28-21(27-20)15-9-11-25(12-10-15)19-8-4-3-7-18(19)24(31)32-25/h1-8,13,15,30H,9-12,14H2,(H,26,27,28,29)/t15-,25-. The van der Waals surface area contributed by atoms with Gasteiger partial charge in [0.05, 0.1) is 18.4 Å². The zero-order valence-corrected chi connectivity index (χ0v) is 17.4. The van der Waals surface area contributed by atoms with Gasteiger partial charge in [-0.3, -0.25) is 0 Å². The largest absolute Gasteiger partial charge is 0.451 e. The number of rotatable bonds is 3. The molecular formula is C25H22N4O3. The number of imidazole rings is 1. The maximum absolute atomic E-state index is 12.3. The first-order valence-corrected chi connectivity index (χ1v) is 10.9. The summed E-state index contributed by atoms with van der Waals surface area (Å²) in [5, 5.41) is 9.62. The Morgan fingerprint density at radius 3 is 2.59 bits per heavy atom. The molecule has 0 atom stereocenters. The number of aliphatic hydroxyl groups excluding tert-OH is 1. The molecule has 7 heteroatoms. The Bertz CT molecular complexity index is 1340. The van der Waals surface area contributed by atoms with Gasteiger partial charge >= 0.3 is 5.97 Å². The fourth-order valence-electron chi connectivity index (χ4n) is 5.10. The van der Waals surface area contributed by atoms with E-state index in [0.29, 0.717) is 17.0 Å². The van der Waals surface area contributed by atoms with E-state index in [2.05, 4.69) is 15.0 Å². The second kappa shape index (κ2) is 7.24. The fraction of sp³-hybridized carbons (Fsp3) is 0.280. The number of benzene rings is 2. The van der Waals surface area contributed by atoms with Crippen molar-refractivity contribution >= 4 is 17.1 Å². The number of fused-ring (bicyclic) bond motifs is 3. The first-order chi connectivity index (χ1) is 15.7. The van der Waals surface area contributed by atoms with Gasteiger partial charge in [-0.05, 0) is 37.3 Å². The van der Waals surface area contributed by atoms with Crippen LogP contribution in [0.3, 0.4) is 0 Å². The Morgan fingerprint density at radius 2 is 1.78 bits per heavy atom. The minimum atomic E-state index is -0.503. The molecule has 0 radical (unpaired) electrons. The summed E-state index contributed by atoms with van der Waals surface area (Å²) < 4.78 is 5.88. The zero-order valence-electron chi connectivity index (χ0n) is 17.4. The predicted molar refractivity (Wildman–Crippen MR) is 118 cm³/mol. The van der Waals surface area contributed by atoms with E-state index in [9.17, 15) is 9.90 Å². The molecule has 0 amide bonds. The lowest BCUT2D eigenvalue weighted by Crippen LogP contribution is -2.31. The zero-order chi connectivity index (χ0) is 21.7. The number of hydrogen-bond donors (Lipinski definition) is 2. The Labute approximate surface area is 184 Å². The van der Waals surface area contributed by atoms with Gasteiger partial charge in [-0.2, -0.15) is 0 Å². The predicted octanol–water partition coefficient (Wildman–Crippen LogP) is 4.24. The van der Waals surface area contributed by atoms with Crippen molar-refractivity contribution in [2.45, 2.75) is 43.8 Å². The van der Waals surface area contributed by atoms with Crippen molar-refractivity contribution in [3.8, 4) is 11.4 Å². The molecular weight excluding hydrogens is 404 g/mol. The van der Waals surface area contributed by atoms with Crippen LogP contribution in [0.1, 0.15) is 58.9 Å². The monoisotopic (exact) mass is 426 g/mol. The number of nitrogens with zero attached hydrogens (tertiary/aromatic N) is 3. The first-order valence-electron chi connectivity index (χ1n) is 10.9. The maximum atomic E-state index is 12.3. The number of esters is 1. The fourth-order valence-corrected chi connectivity index (χ4v) is 5.10. The number of ether oxygens (including phenoxy) is 1. The Balaban J connectivity index is 1.26. The number of hydrogen-bond acceptors (Lipinski definition) is 6. The molecule has 0 bridgehead atoms. The molecule has 2 aromatic heterocycles. The van der Waals surface area contributed by atoms with Crippen LogP contribution in [0, 0.1) is 0 Å². The highest BCUT2D eigenvalue weighted by atomic mass is 16.6. The maximum Gasteiger partial charge on any atom is 0.339 e. The number of H-pyrrole nitrogens is 1. The summed E-state index contributed by atoms with van der Waals surface area (Å²) in [6, 6.07) is 15.3. The summed E-state index contributed by atoms with van der Waals surface area (Å²) in [6.07, 6.45) is 5.04. The van der Waals surface area contributed by atoms with Crippen LogP contribution < -0.4 is 0 Å². The number of carbonyl (C=O) groups is 1. The van der Waals surface area contributed by atoms with Crippen molar-refractivity contribution < 1.29 is 14.6 Å². The second-order valence-electron chi connectivity index (χ2n) is 8.57. The molecule has 32 heavy (non-hydrogen) atoms. The first kappa shape index (κ1) is 19.1. The molecule has 2 aliphatic rings. The van der Waals surface area contributed by atoms with Gasteiger partial charge in [-0.15, -0.1) is 0 Å². The molecule has 1 spiro atoms. The lowest BCUT2D eigenvalue weighted by Gasteiger charge is -2.35. The molecule has 0 saturated heterocycles. The molecule has 2 aromatic carbocycles. The minimum Gasteiger partial charge on any atom is -0.451 e. The van der Waals surface area contributed by atoms with E-state index >= 15 is 0 Å². The molecule has 1 fully saturated rings. The molecule has 4 aromatic rings. The van der Waals surface area contributed by atoms with E-state index in [1.807, 2.05) is 48.5 Å². The molecule has 160 valence electrons. The van der Waals surface area contributed by atoms with Crippen molar-refractivity contribution in [1.82, 2.24) is 19.9 Å². The molecule has 0 unspecified atom stereocenters. The molecule has 2 N–H and O–H groups in total. The Hall–Kier alpha value is -3.58. The highest BCUT2D eigenvalue weighted by molar-refractivity contribution is 5.94. The van der Waals surface area contributed by atoms with Crippen LogP contribution in [0.15, 0.2) is 54.7 Å². The summed E-state index contributed by atoms with van der Waals surface area (Å²) in [5.74, 6) is 1.48. The summed E-state index contributed by atoms with van der Waals surface area (Å²) in [4.78, 5) is 29.6. The summed E-state index contributed by atoms with van der Waals surface area (Å²) >= 11 is 0.